The second-order valence-electron chi connectivity index (χ2n) is 5.79. The summed E-state index contributed by atoms with van der Waals surface area (Å²) in [6.07, 6.45) is 1.99. The third-order valence-electron chi connectivity index (χ3n) is 3.83. The number of carbonyl (C=O) groups excluding carboxylic acids is 1. The molecule has 0 saturated carbocycles. The van der Waals surface area contributed by atoms with Gasteiger partial charge in [0.05, 0.1) is 5.52 Å². The van der Waals surface area contributed by atoms with E-state index in [1.54, 1.807) is 0 Å². The van der Waals surface area contributed by atoms with Crippen LogP contribution in [0, 0.1) is 0 Å². The van der Waals surface area contributed by atoms with Crippen LogP contribution in [0.1, 0.15) is 25.3 Å². The van der Waals surface area contributed by atoms with Gasteiger partial charge >= 0.3 is 6.03 Å². The van der Waals surface area contributed by atoms with E-state index in [9.17, 15) is 4.79 Å². The monoisotopic (exact) mass is 338 g/mol. The molecular formula is C19H22N4O2. The second kappa shape index (κ2) is 8.19. The third kappa shape index (κ3) is 4.50. The molecule has 6 nitrogen and oxygen atoms in total. The minimum atomic E-state index is -0.252. The number of unbranched alkanes of at least 4 members (excludes halogenated alkanes) is 1. The molecule has 0 fully saturated rings. The molecule has 0 unspecified atom stereocenters. The highest BCUT2D eigenvalue weighted by atomic mass is 16.5. The van der Waals surface area contributed by atoms with Crippen LogP contribution in [0.4, 0.5) is 10.6 Å². The highest BCUT2D eigenvalue weighted by molar-refractivity contribution is 5.99. The van der Waals surface area contributed by atoms with E-state index in [1.807, 2.05) is 48.5 Å². The Morgan fingerprint density at radius 1 is 1.20 bits per heavy atom. The number of ether oxygens (including phenoxy) is 1. The first kappa shape index (κ1) is 16.8. The molecule has 1 aromatic heterocycles. The third-order valence-corrected chi connectivity index (χ3v) is 3.83. The summed E-state index contributed by atoms with van der Waals surface area (Å²) in [7, 11) is 0. The molecule has 0 bridgehead atoms. The van der Waals surface area contributed by atoms with Crippen LogP contribution < -0.4 is 15.4 Å². The average molecular weight is 338 g/mol. The van der Waals surface area contributed by atoms with Gasteiger partial charge in [-0.15, -0.1) is 0 Å². The number of rotatable bonds is 7. The summed E-state index contributed by atoms with van der Waals surface area (Å²) in [5.41, 5.74) is 1.94. The molecule has 3 rings (SSSR count). The van der Waals surface area contributed by atoms with Crippen molar-refractivity contribution >= 4 is 22.8 Å². The Balaban J connectivity index is 1.67. The van der Waals surface area contributed by atoms with Crippen LogP contribution in [0.2, 0.25) is 0 Å². The minimum Gasteiger partial charge on any atom is -0.489 e. The maximum absolute atomic E-state index is 11.9. The lowest BCUT2D eigenvalue weighted by Crippen LogP contribution is -2.29. The van der Waals surface area contributed by atoms with Crippen molar-refractivity contribution in [3.8, 4) is 5.75 Å². The molecule has 2 amide bonds. The van der Waals surface area contributed by atoms with Gasteiger partial charge in [-0.2, -0.15) is 5.10 Å². The predicted molar refractivity (Wildman–Crippen MR) is 98.8 cm³/mol. The number of urea groups is 1. The molecule has 0 saturated heterocycles. The number of hydrogen-bond donors (Lipinski definition) is 3. The Labute approximate surface area is 146 Å². The zero-order valence-corrected chi connectivity index (χ0v) is 14.2. The Morgan fingerprint density at radius 2 is 2.04 bits per heavy atom. The highest BCUT2D eigenvalue weighted by Crippen LogP contribution is 2.25. The summed E-state index contributed by atoms with van der Waals surface area (Å²) in [6.45, 7) is 3.22. The first-order chi connectivity index (χ1) is 12.3. The lowest BCUT2D eigenvalue weighted by Gasteiger charge is -2.07. The van der Waals surface area contributed by atoms with Crippen molar-refractivity contribution in [3.05, 3.63) is 54.1 Å². The normalized spacial score (nSPS) is 10.6. The molecule has 1 heterocycles. The molecule has 0 aliphatic carbocycles. The molecule has 3 aromatic rings. The fourth-order valence-corrected chi connectivity index (χ4v) is 2.45. The number of fused-ring (bicyclic) bond motifs is 1. The van der Waals surface area contributed by atoms with E-state index in [-0.39, 0.29) is 6.03 Å². The summed E-state index contributed by atoms with van der Waals surface area (Å²) in [5, 5.41) is 13.5. The summed E-state index contributed by atoms with van der Waals surface area (Å²) in [4.78, 5) is 11.9. The standard InChI is InChI=1S/C19H22N4O2/c1-2-3-11-20-19(24)21-18-16-12-15(9-10-17(16)22-23-18)25-13-14-7-5-4-6-8-14/h4-10,12H,2-3,11,13H2,1H3,(H3,20,21,22,23,24). The molecule has 0 atom stereocenters. The van der Waals surface area contributed by atoms with Crippen molar-refractivity contribution < 1.29 is 9.53 Å². The molecule has 6 heteroatoms. The highest BCUT2D eigenvalue weighted by Gasteiger charge is 2.10. The van der Waals surface area contributed by atoms with Crippen molar-refractivity contribution in [2.45, 2.75) is 26.4 Å². The predicted octanol–water partition coefficient (Wildman–Crippen LogP) is 4.06. The number of nitrogens with zero attached hydrogens (tertiary/aromatic N) is 1. The Morgan fingerprint density at radius 3 is 2.84 bits per heavy atom. The molecule has 130 valence electrons. The first-order valence-electron chi connectivity index (χ1n) is 8.46. The van der Waals surface area contributed by atoms with Gasteiger partial charge in [0.15, 0.2) is 5.82 Å². The number of H-pyrrole nitrogens is 1. The SMILES string of the molecule is CCCCNC(=O)Nc1n[nH]c2ccc(OCc3ccccc3)cc12. The molecule has 0 aliphatic heterocycles. The van der Waals surface area contributed by atoms with E-state index in [4.69, 9.17) is 4.74 Å². The molecule has 0 aliphatic rings. The van der Waals surface area contributed by atoms with Crippen molar-refractivity contribution in [1.29, 1.82) is 0 Å². The quantitative estimate of drug-likeness (QED) is 0.568. The van der Waals surface area contributed by atoms with Gasteiger partial charge in [0.25, 0.3) is 0 Å². The van der Waals surface area contributed by atoms with E-state index >= 15 is 0 Å². The van der Waals surface area contributed by atoms with E-state index in [1.165, 1.54) is 0 Å². The zero-order valence-electron chi connectivity index (χ0n) is 14.2. The molecule has 25 heavy (non-hydrogen) atoms. The van der Waals surface area contributed by atoms with E-state index in [0.717, 1.165) is 35.1 Å². The summed E-state index contributed by atoms with van der Waals surface area (Å²) in [5.74, 6) is 1.22. The van der Waals surface area contributed by atoms with E-state index in [2.05, 4.69) is 27.8 Å². The Kier molecular flexibility index (Phi) is 5.51. The maximum Gasteiger partial charge on any atom is 0.320 e. The molecule has 2 aromatic carbocycles. The Hall–Kier alpha value is -3.02. The van der Waals surface area contributed by atoms with Crippen LogP contribution in [0.5, 0.6) is 5.75 Å². The van der Waals surface area contributed by atoms with Crippen LogP contribution in [0.3, 0.4) is 0 Å². The van der Waals surface area contributed by atoms with E-state index < -0.39 is 0 Å². The smallest absolute Gasteiger partial charge is 0.320 e. The molecule has 3 N–H and O–H groups in total. The van der Waals surface area contributed by atoms with Gasteiger partial charge in [-0.3, -0.25) is 10.4 Å². The summed E-state index contributed by atoms with van der Waals surface area (Å²) >= 11 is 0. The fraction of sp³-hybridized carbons (Fsp3) is 0.263. The number of benzene rings is 2. The van der Waals surface area contributed by atoms with Gasteiger partial charge in [0.2, 0.25) is 0 Å². The molecule has 0 spiro atoms. The van der Waals surface area contributed by atoms with Crippen LogP contribution in [-0.2, 0) is 6.61 Å². The largest absolute Gasteiger partial charge is 0.489 e. The van der Waals surface area contributed by atoms with Gasteiger partial charge in [-0.25, -0.2) is 4.79 Å². The van der Waals surface area contributed by atoms with Crippen LogP contribution in [0.25, 0.3) is 10.9 Å². The van der Waals surface area contributed by atoms with Gasteiger partial charge < -0.3 is 10.1 Å². The lowest BCUT2D eigenvalue weighted by molar-refractivity contribution is 0.252. The van der Waals surface area contributed by atoms with Gasteiger partial charge in [0, 0.05) is 11.9 Å². The lowest BCUT2D eigenvalue weighted by atomic mass is 10.2. The average Bonchev–Trinajstić information content (AvgIpc) is 3.03. The van der Waals surface area contributed by atoms with Gasteiger partial charge in [-0.05, 0) is 30.2 Å². The topological polar surface area (TPSA) is 79.0 Å². The maximum atomic E-state index is 11.9. The number of nitrogens with one attached hydrogen (secondary N) is 3. The summed E-state index contributed by atoms with van der Waals surface area (Å²) in [6, 6.07) is 15.4. The number of hydrogen-bond acceptors (Lipinski definition) is 3. The number of carbonyl (C=O) groups is 1. The van der Waals surface area contributed by atoms with Gasteiger partial charge in [-0.1, -0.05) is 43.7 Å². The fourth-order valence-electron chi connectivity index (χ4n) is 2.45. The van der Waals surface area contributed by atoms with Crippen molar-refractivity contribution in [2.24, 2.45) is 0 Å². The van der Waals surface area contributed by atoms with Crippen molar-refractivity contribution in [2.75, 3.05) is 11.9 Å². The minimum absolute atomic E-state index is 0.252. The van der Waals surface area contributed by atoms with Crippen LogP contribution >= 0.6 is 0 Å². The van der Waals surface area contributed by atoms with Crippen molar-refractivity contribution in [1.82, 2.24) is 15.5 Å². The van der Waals surface area contributed by atoms with Crippen molar-refractivity contribution in [3.63, 3.8) is 0 Å². The Bertz CT molecular complexity index is 830. The number of anilines is 1. The number of aromatic amines is 1. The molecule has 0 radical (unpaired) electrons. The van der Waals surface area contributed by atoms with Gasteiger partial charge in [0.1, 0.15) is 12.4 Å². The first-order valence-corrected chi connectivity index (χ1v) is 8.46. The summed E-state index contributed by atoms with van der Waals surface area (Å²) < 4.78 is 5.84. The van der Waals surface area contributed by atoms with Crippen LogP contribution in [-0.4, -0.2) is 22.8 Å². The number of aromatic nitrogens is 2. The van der Waals surface area contributed by atoms with Crippen LogP contribution in [0.15, 0.2) is 48.5 Å². The van der Waals surface area contributed by atoms with E-state index in [0.29, 0.717) is 19.0 Å². The number of amides is 2. The zero-order chi connectivity index (χ0) is 17.5. The molecular weight excluding hydrogens is 316 g/mol. The second-order valence-corrected chi connectivity index (χ2v) is 5.79.